The van der Waals surface area contributed by atoms with Crippen LogP contribution in [0.2, 0.25) is 0 Å². The van der Waals surface area contributed by atoms with E-state index in [-0.39, 0.29) is 18.1 Å². The van der Waals surface area contributed by atoms with Crippen molar-refractivity contribution < 1.29 is 9.90 Å². The second-order valence-electron chi connectivity index (χ2n) is 7.07. The minimum Gasteiger partial charge on any atom is -0.384 e. The van der Waals surface area contributed by atoms with Crippen molar-refractivity contribution in [3.8, 4) is 0 Å². The Bertz CT molecular complexity index is 731. The molecule has 1 saturated carbocycles. The standard InChI is InChI=1S/C16H25N7O2/c1-16(2,25)13-10-23(21-19-13)12-7-5-4-6-11(12)17-15(24)18-14-8-9-22(3)20-14/h8-12,25H,4-7H2,1-3H3,(H2,17,18,20,24)/t11-,12+/m0/s1. The van der Waals surface area contributed by atoms with Crippen LogP contribution in [-0.2, 0) is 12.6 Å². The van der Waals surface area contributed by atoms with Gasteiger partial charge in [-0.3, -0.25) is 10.00 Å². The predicted octanol–water partition coefficient (Wildman–Crippen LogP) is 1.54. The fraction of sp³-hybridized carbons (Fsp3) is 0.625. The number of amides is 2. The van der Waals surface area contributed by atoms with Crippen LogP contribution in [0.1, 0.15) is 51.3 Å². The summed E-state index contributed by atoms with van der Waals surface area (Å²) in [4.78, 5) is 12.3. The molecule has 0 aromatic carbocycles. The molecule has 2 aromatic heterocycles. The Labute approximate surface area is 146 Å². The zero-order valence-electron chi connectivity index (χ0n) is 14.8. The van der Waals surface area contributed by atoms with Crippen molar-refractivity contribution in [3.05, 3.63) is 24.2 Å². The third-order valence-corrected chi connectivity index (χ3v) is 4.48. The van der Waals surface area contributed by atoms with Crippen molar-refractivity contribution in [1.29, 1.82) is 0 Å². The van der Waals surface area contributed by atoms with E-state index in [1.165, 1.54) is 0 Å². The Morgan fingerprint density at radius 1 is 1.36 bits per heavy atom. The maximum Gasteiger partial charge on any atom is 0.320 e. The van der Waals surface area contributed by atoms with Crippen molar-refractivity contribution in [1.82, 2.24) is 30.1 Å². The van der Waals surface area contributed by atoms with Crippen LogP contribution in [-0.4, -0.2) is 42.0 Å². The van der Waals surface area contributed by atoms with Gasteiger partial charge in [-0.05, 0) is 26.7 Å². The van der Waals surface area contributed by atoms with E-state index in [0.29, 0.717) is 11.5 Å². The van der Waals surface area contributed by atoms with Gasteiger partial charge >= 0.3 is 6.03 Å². The van der Waals surface area contributed by atoms with Crippen LogP contribution >= 0.6 is 0 Å². The molecule has 0 spiro atoms. The molecule has 2 amide bonds. The number of hydrogen-bond donors (Lipinski definition) is 3. The first-order valence-corrected chi connectivity index (χ1v) is 8.55. The van der Waals surface area contributed by atoms with E-state index in [1.807, 2.05) is 0 Å². The van der Waals surface area contributed by atoms with Gasteiger partial charge in [-0.25, -0.2) is 9.48 Å². The Hall–Kier alpha value is -2.42. The summed E-state index contributed by atoms with van der Waals surface area (Å²) in [6.45, 7) is 3.36. The van der Waals surface area contributed by atoms with Gasteiger partial charge in [0.1, 0.15) is 11.3 Å². The van der Waals surface area contributed by atoms with Crippen LogP contribution in [0.3, 0.4) is 0 Å². The van der Waals surface area contributed by atoms with E-state index < -0.39 is 5.60 Å². The van der Waals surface area contributed by atoms with Gasteiger partial charge in [0, 0.05) is 19.3 Å². The van der Waals surface area contributed by atoms with Crippen molar-refractivity contribution in [3.63, 3.8) is 0 Å². The molecule has 9 nitrogen and oxygen atoms in total. The highest BCUT2D eigenvalue weighted by atomic mass is 16.3. The van der Waals surface area contributed by atoms with E-state index in [4.69, 9.17) is 0 Å². The molecule has 0 unspecified atom stereocenters. The zero-order chi connectivity index (χ0) is 18.0. The molecule has 1 fully saturated rings. The molecular formula is C16H25N7O2. The van der Waals surface area contributed by atoms with Gasteiger partial charge in [0.15, 0.2) is 5.82 Å². The molecule has 136 valence electrons. The lowest BCUT2D eigenvalue weighted by Crippen LogP contribution is -2.45. The fourth-order valence-corrected chi connectivity index (χ4v) is 3.12. The highest BCUT2D eigenvalue weighted by molar-refractivity contribution is 5.88. The lowest BCUT2D eigenvalue weighted by molar-refractivity contribution is 0.0736. The molecule has 2 atom stereocenters. The van der Waals surface area contributed by atoms with E-state index in [1.54, 1.807) is 48.7 Å². The first kappa shape index (κ1) is 17.4. The Balaban J connectivity index is 1.68. The number of nitrogens with one attached hydrogen (secondary N) is 2. The highest BCUT2D eigenvalue weighted by Crippen LogP contribution is 2.29. The van der Waals surface area contributed by atoms with E-state index in [2.05, 4.69) is 26.0 Å². The minimum atomic E-state index is -1.04. The Kier molecular flexibility index (Phi) is 4.76. The monoisotopic (exact) mass is 347 g/mol. The average molecular weight is 347 g/mol. The van der Waals surface area contributed by atoms with Crippen molar-refractivity contribution in [2.45, 2.75) is 57.2 Å². The lowest BCUT2D eigenvalue weighted by Gasteiger charge is -2.31. The first-order valence-electron chi connectivity index (χ1n) is 8.55. The summed E-state index contributed by atoms with van der Waals surface area (Å²) in [5, 5.41) is 28.2. The van der Waals surface area contributed by atoms with Gasteiger partial charge < -0.3 is 10.4 Å². The van der Waals surface area contributed by atoms with Crippen LogP contribution < -0.4 is 10.6 Å². The number of carbonyl (C=O) groups excluding carboxylic acids is 1. The molecule has 3 N–H and O–H groups in total. The molecular weight excluding hydrogens is 322 g/mol. The second-order valence-corrected chi connectivity index (χ2v) is 7.07. The van der Waals surface area contributed by atoms with Gasteiger partial charge in [-0.15, -0.1) is 5.10 Å². The summed E-state index contributed by atoms with van der Waals surface area (Å²) in [6, 6.07) is 1.43. The molecule has 25 heavy (non-hydrogen) atoms. The summed E-state index contributed by atoms with van der Waals surface area (Å²) in [5.41, 5.74) is -0.513. The molecule has 1 aliphatic rings. The molecule has 0 radical (unpaired) electrons. The Morgan fingerprint density at radius 3 is 2.76 bits per heavy atom. The third kappa shape index (κ3) is 4.16. The number of aliphatic hydroxyl groups is 1. The maximum absolute atomic E-state index is 12.3. The summed E-state index contributed by atoms with van der Waals surface area (Å²) in [5.74, 6) is 0.512. The molecule has 2 aromatic rings. The molecule has 2 heterocycles. The fourth-order valence-electron chi connectivity index (χ4n) is 3.12. The molecule has 1 aliphatic carbocycles. The smallest absolute Gasteiger partial charge is 0.320 e. The summed E-state index contributed by atoms with van der Waals surface area (Å²) >= 11 is 0. The molecule has 3 rings (SSSR count). The normalized spacial score (nSPS) is 21.1. The number of carbonyl (C=O) groups is 1. The SMILES string of the molecule is Cn1ccc(NC(=O)N[C@H]2CCCC[C@H]2n2cc(C(C)(C)O)nn2)n1. The lowest BCUT2D eigenvalue weighted by atomic mass is 9.90. The predicted molar refractivity (Wildman–Crippen MR) is 91.9 cm³/mol. The maximum atomic E-state index is 12.3. The van der Waals surface area contributed by atoms with Crippen molar-refractivity contribution >= 4 is 11.8 Å². The quantitative estimate of drug-likeness (QED) is 0.777. The van der Waals surface area contributed by atoms with Crippen LogP contribution in [0.25, 0.3) is 0 Å². The summed E-state index contributed by atoms with van der Waals surface area (Å²) in [7, 11) is 1.80. The van der Waals surface area contributed by atoms with E-state index in [9.17, 15) is 9.90 Å². The number of aromatic nitrogens is 5. The average Bonchev–Trinajstić information content (AvgIpc) is 3.16. The van der Waals surface area contributed by atoms with Gasteiger partial charge in [0.25, 0.3) is 0 Å². The van der Waals surface area contributed by atoms with E-state index in [0.717, 1.165) is 25.7 Å². The van der Waals surface area contributed by atoms with Gasteiger partial charge in [-0.1, -0.05) is 18.1 Å². The topological polar surface area (TPSA) is 110 Å². The third-order valence-electron chi connectivity index (χ3n) is 4.48. The second kappa shape index (κ2) is 6.83. The van der Waals surface area contributed by atoms with Crippen LogP contribution in [0, 0.1) is 0 Å². The zero-order valence-corrected chi connectivity index (χ0v) is 14.8. The van der Waals surface area contributed by atoms with Crippen LogP contribution in [0.5, 0.6) is 0 Å². The van der Waals surface area contributed by atoms with Crippen molar-refractivity contribution in [2.75, 3.05) is 5.32 Å². The molecule has 9 heteroatoms. The van der Waals surface area contributed by atoms with Gasteiger partial charge in [0.2, 0.25) is 0 Å². The largest absolute Gasteiger partial charge is 0.384 e. The number of anilines is 1. The Morgan fingerprint density at radius 2 is 2.12 bits per heavy atom. The van der Waals surface area contributed by atoms with Crippen molar-refractivity contribution in [2.24, 2.45) is 7.05 Å². The minimum absolute atomic E-state index is 0.0202. The number of hydrogen-bond acceptors (Lipinski definition) is 5. The molecule has 0 saturated heterocycles. The number of urea groups is 1. The number of aryl methyl sites for hydroxylation is 1. The highest BCUT2D eigenvalue weighted by Gasteiger charge is 2.30. The van der Waals surface area contributed by atoms with Crippen LogP contribution in [0.4, 0.5) is 10.6 Å². The number of nitrogens with zero attached hydrogens (tertiary/aromatic N) is 5. The van der Waals surface area contributed by atoms with Crippen LogP contribution in [0.15, 0.2) is 18.5 Å². The summed E-state index contributed by atoms with van der Waals surface area (Å²) < 4.78 is 3.39. The van der Waals surface area contributed by atoms with Gasteiger partial charge in [-0.2, -0.15) is 5.10 Å². The molecule has 0 aliphatic heterocycles. The summed E-state index contributed by atoms with van der Waals surface area (Å²) in [6.07, 6.45) is 7.44. The molecule has 0 bridgehead atoms. The van der Waals surface area contributed by atoms with E-state index >= 15 is 0 Å². The number of rotatable bonds is 4. The first-order chi connectivity index (χ1) is 11.8. The van der Waals surface area contributed by atoms with Gasteiger partial charge in [0.05, 0.1) is 18.3 Å².